The van der Waals surface area contributed by atoms with Crippen molar-refractivity contribution in [2.75, 3.05) is 61.5 Å². The van der Waals surface area contributed by atoms with Gasteiger partial charge in [0.05, 0.1) is 12.1 Å². The number of aryl methyl sites for hydroxylation is 1. The van der Waals surface area contributed by atoms with Crippen LogP contribution in [-0.4, -0.2) is 67.3 Å². The Labute approximate surface area is 188 Å². The highest BCUT2D eigenvalue weighted by atomic mass is 35.5. The first-order chi connectivity index (χ1) is 15.0. The standard InChI is InChI=1S/C22H29ClN6O2/c1-16-14-20(27-8-4-3-5-9-27)26-21(24-16)28-10-12-29(13-11-28)22(30)25-17-6-7-19(31-2)18(23)15-17/h6-7,14-15H,3-5,8-13H2,1-2H3,(H,25,30). The average molecular weight is 445 g/mol. The van der Waals surface area contributed by atoms with Gasteiger partial charge in [-0.1, -0.05) is 11.6 Å². The maximum Gasteiger partial charge on any atom is 0.321 e. The molecule has 2 saturated heterocycles. The van der Waals surface area contributed by atoms with Crippen molar-refractivity contribution in [1.82, 2.24) is 14.9 Å². The molecule has 0 bridgehead atoms. The number of piperazine rings is 1. The predicted octanol–water partition coefficient (Wildman–Crippen LogP) is 3.79. The number of urea groups is 1. The fourth-order valence-electron chi connectivity index (χ4n) is 4.02. The lowest BCUT2D eigenvalue weighted by Gasteiger charge is -2.35. The van der Waals surface area contributed by atoms with Gasteiger partial charge in [-0.25, -0.2) is 9.78 Å². The van der Waals surface area contributed by atoms with Crippen LogP contribution in [0.2, 0.25) is 5.02 Å². The summed E-state index contributed by atoms with van der Waals surface area (Å²) < 4.78 is 5.16. The number of carbonyl (C=O) groups excluding carboxylic acids is 1. The third-order valence-corrected chi connectivity index (χ3v) is 6.06. The van der Waals surface area contributed by atoms with Crippen LogP contribution in [0.5, 0.6) is 5.75 Å². The van der Waals surface area contributed by atoms with Crippen LogP contribution in [0.15, 0.2) is 24.3 Å². The number of anilines is 3. The Balaban J connectivity index is 1.36. The van der Waals surface area contributed by atoms with Crippen LogP contribution >= 0.6 is 11.6 Å². The van der Waals surface area contributed by atoms with Crippen LogP contribution in [0, 0.1) is 6.92 Å². The molecule has 2 fully saturated rings. The van der Waals surface area contributed by atoms with Gasteiger partial charge in [0.1, 0.15) is 11.6 Å². The van der Waals surface area contributed by atoms with E-state index in [4.69, 9.17) is 21.3 Å². The van der Waals surface area contributed by atoms with Crippen molar-refractivity contribution in [3.05, 3.63) is 35.0 Å². The zero-order valence-electron chi connectivity index (χ0n) is 18.1. The predicted molar refractivity (Wildman–Crippen MR) is 124 cm³/mol. The van der Waals surface area contributed by atoms with Crippen LogP contribution in [0.4, 0.5) is 22.2 Å². The van der Waals surface area contributed by atoms with E-state index in [1.807, 2.05) is 6.92 Å². The molecule has 0 spiro atoms. The number of nitrogens with one attached hydrogen (secondary N) is 1. The van der Waals surface area contributed by atoms with Crippen LogP contribution in [0.3, 0.4) is 0 Å². The highest BCUT2D eigenvalue weighted by Crippen LogP contribution is 2.27. The van der Waals surface area contributed by atoms with Crippen molar-refractivity contribution >= 4 is 35.1 Å². The van der Waals surface area contributed by atoms with Crippen molar-refractivity contribution < 1.29 is 9.53 Å². The monoisotopic (exact) mass is 444 g/mol. The number of hydrogen-bond acceptors (Lipinski definition) is 6. The zero-order chi connectivity index (χ0) is 21.8. The molecule has 2 aliphatic heterocycles. The first-order valence-corrected chi connectivity index (χ1v) is 11.2. The lowest BCUT2D eigenvalue weighted by atomic mass is 10.1. The van der Waals surface area contributed by atoms with E-state index in [0.717, 1.165) is 30.5 Å². The van der Waals surface area contributed by atoms with Gasteiger partial charge in [0.2, 0.25) is 5.95 Å². The minimum atomic E-state index is -0.139. The lowest BCUT2D eigenvalue weighted by molar-refractivity contribution is 0.208. The van der Waals surface area contributed by atoms with Gasteiger partial charge >= 0.3 is 6.03 Å². The Morgan fingerprint density at radius 2 is 1.74 bits per heavy atom. The number of amides is 2. The summed E-state index contributed by atoms with van der Waals surface area (Å²) in [5.41, 5.74) is 1.62. The molecule has 1 aromatic carbocycles. The highest BCUT2D eigenvalue weighted by Gasteiger charge is 2.24. The van der Waals surface area contributed by atoms with E-state index in [-0.39, 0.29) is 6.03 Å². The van der Waals surface area contributed by atoms with Crippen molar-refractivity contribution in [2.45, 2.75) is 26.2 Å². The Kier molecular flexibility index (Phi) is 6.65. The number of ether oxygens (including phenoxy) is 1. The highest BCUT2D eigenvalue weighted by molar-refractivity contribution is 6.32. The van der Waals surface area contributed by atoms with Crippen LogP contribution in [0.1, 0.15) is 25.0 Å². The molecule has 0 saturated carbocycles. The molecule has 9 heteroatoms. The summed E-state index contributed by atoms with van der Waals surface area (Å²) in [5.74, 6) is 2.34. The number of nitrogens with zero attached hydrogens (tertiary/aromatic N) is 5. The Morgan fingerprint density at radius 3 is 2.42 bits per heavy atom. The molecule has 0 atom stereocenters. The van der Waals surface area contributed by atoms with Gasteiger partial charge in [-0.15, -0.1) is 0 Å². The van der Waals surface area contributed by atoms with Crippen LogP contribution in [0.25, 0.3) is 0 Å². The summed E-state index contributed by atoms with van der Waals surface area (Å²) in [6.07, 6.45) is 3.72. The molecule has 1 N–H and O–H groups in total. The summed E-state index contributed by atoms with van der Waals surface area (Å²) in [5, 5.41) is 3.37. The summed E-state index contributed by atoms with van der Waals surface area (Å²) in [6.45, 7) is 6.72. The maximum absolute atomic E-state index is 12.7. The number of aromatic nitrogens is 2. The smallest absolute Gasteiger partial charge is 0.321 e. The summed E-state index contributed by atoms with van der Waals surface area (Å²) in [6, 6.07) is 7.14. The second-order valence-corrected chi connectivity index (χ2v) is 8.38. The average Bonchev–Trinajstić information content (AvgIpc) is 2.79. The molecular formula is C22H29ClN6O2. The summed E-state index contributed by atoms with van der Waals surface area (Å²) >= 11 is 6.15. The Bertz CT molecular complexity index is 926. The molecule has 3 heterocycles. The topological polar surface area (TPSA) is 73.8 Å². The van der Waals surface area contributed by atoms with Crippen molar-refractivity contribution in [3.8, 4) is 5.75 Å². The number of methoxy groups -OCH3 is 1. The number of piperidine rings is 1. The molecule has 0 radical (unpaired) electrons. The summed E-state index contributed by atoms with van der Waals surface area (Å²) in [7, 11) is 1.56. The van der Waals surface area contributed by atoms with E-state index in [2.05, 4.69) is 26.2 Å². The fourth-order valence-corrected chi connectivity index (χ4v) is 4.28. The molecule has 2 amide bonds. The molecule has 8 nitrogen and oxygen atoms in total. The van der Waals surface area contributed by atoms with Gasteiger partial charge in [0, 0.05) is 56.7 Å². The second-order valence-electron chi connectivity index (χ2n) is 7.97. The van der Waals surface area contributed by atoms with Gasteiger partial charge in [0.15, 0.2) is 0 Å². The second kappa shape index (κ2) is 9.60. The fraction of sp³-hybridized carbons (Fsp3) is 0.500. The third kappa shape index (κ3) is 5.12. The van der Waals surface area contributed by atoms with E-state index in [1.54, 1.807) is 30.2 Å². The number of benzene rings is 1. The lowest BCUT2D eigenvalue weighted by Crippen LogP contribution is -2.50. The third-order valence-electron chi connectivity index (χ3n) is 5.76. The quantitative estimate of drug-likeness (QED) is 0.773. The Morgan fingerprint density at radius 1 is 1.00 bits per heavy atom. The molecule has 4 rings (SSSR count). The number of hydrogen-bond donors (Lipinski definition) is 1. The zero-order valence-corrected chi connectivity index (χ0v) is 18.9. The van der Waals surface area contributed by atoms with Crippen LogP contribution < -0.4 is 19.9 Å². The van der Waals surface area contributed by atoms with Gasteiger partial charge in [-0.2, -0.15) is 4.98 Å². The molecule has 1 aromatic heterocycles. The van der Waals surface area contributed by atoms with E-state index < -0.39 is 0 Å². The molecule has 166 valence electrons. The van der Waals surface area contributed by atoms with E-state index >= 15 is 0 Å². The van der Waals surface area contributed by atoms with Crippen molar-refractivity contribution in [1.29, 1.82) is 0 Å². The normalized spacial score (nSPS) is 16.9. The van der Waals surface area contributed by atoms with Gasteiger partial charge in [-0.05, 0) is 44.4 Å². The number of halogens is 1. The molecule has 2 aliphatic rings. The van der Waals surface area contributed by atoms with E-state index in [0.29, 0.717) is 42.6 Å². The minimum Gasteiger partial charge on any atom is -0.495 e. The van der Waals surface area contributed by atoms with Gasteiger partial charge in [0.25, 0.3) is 0 Å². The van der Waals surface area contributed by atoms with E-state index in [1.165, 1.54) is 19.3 Å². The molecule has 0 unspecified atom stereocenters. The Hall–Kier alpha value is -2.74. The molecule has 0 aliphatic carbocycles. The van der Waals surface area contributed by atoms with Gasteiger partial charge in [-0.3, -0.25) is 0 Å². The van der Waals surface area contributed by atoms with Crippen LogP contribution in [-0.2, 0) is 0 Å². The van der Waals surface area contributed by atoms with Gasteiger partial charge < -0.3 is 24.8 Å². The van der Waals surface area contributed by atoms with Crippen molar-refractivity contribution in [3.63, 3.8) is 0 Å². The van der Waals surface area contributed by atoms with E-state index in [9.17, 15) is 4.79 Å². The SMILES string of the molecule is COc1ccc(NC(=O)N2CCN(c3nc(C)cc(N4CCCCC4)n3)CC2)cc1Cl. The molecule has 2 aromatic rings. The maximum atomic E-state index is 12.7. The molecular weight excluding hydrogens is 416 g/mol. The first-order valence-electron chi connectivity index (χ1n) is 10.8. The van der Waals surface area contributed by atoms with Crippen molar-refractivity contribution in [2.24, 2.45) is 0 Å². The number of carbonyl (C=O) groups is 1. The summed E-state index contributed by atoms with van der Waals surface area (Å²) in [4.78, 5) is 28.5. The molecule has 31 heavy (non-hydrogen) atoms. The number of rotatable bonds is 4. The largest absolute Gasteiger partial charge is 0.495 e. The minimum absolute atomic E-state index is 0.139. The first kappa shape index (κ1) is 21.5.